The van der Waals surface area contributed by atoms with Crippen LogP contribution in [0, 0.1) is 13.8 Å². The van der Waals surface area contributed by atoms with Crippen LogP contribution in [-0.2, 0) is 4.79 Å². The largest absolute Gasteiger partial charge is 0.480 e. The molecule has 0 spiro atoms. The Bertz CT molecular complexity index is 659. The Morgan fingerprint density at radius 2 is 1.91 bits per heavy atom. The molecule has 0 fully saturated rings. The van der Waals surface area contributed by atoms with Gasteiger partial charge in [0.15, 0.2) is 5.82 Å². The van der Waals surface area contributed by atoms with Gasteiger partial charge in [0.2, 0.25) is 0 Å². The molecule has 6 nitrogen and oxygen atoms in total. The Kier molecular flexibility index (Phi) is 5.04. The predicted molar refractivity (Wildman–Crippen MR) is 84.9 cm³/mol. The van der Waals surface area contributed by atoms with E-state index in [1.807, 2.05) is 32.9 Å². The lowest BCUT2D eigenvalue weighted by Gasteiger charge is -2.24. The molecule has 0 atom stereocenters. The van der Waals surface area contributed by atoms with Crippen molar-refractivity contribution in [2.45, 2.75) is 27.2 Å². The number of aryl methyl sites for hydroxylation is 1. The van der Waals surface area contributed by atoms with Crippen LogP contribution in [0.2, 0.25) is 0 Å². The van der Waals surface area contributed by atoms with Gasteiger partial charge in [0.1, 0.15) is 12.4 Å². The van der Waals surface area contributed by atoms with Gasteiger partial charge in [-0.3, -0.25) is 9.78 Å². The van der Waals surface area contributed by atoms with Crippen molar-refractivity contribution in [3.8, 4) is 11.4 Å². The molecular weight excluding hydrogens is 280 g/mol. The van der Waals surface area contributed by atoms with Gasteiger partial charge in [-0.1, -0.05) is 6.92 Å². The molecule has 0 bridgehead atoms. The highest BCUT2D eigenvalue weighted by Gasteiger charge is 2.17. The van der Waals surface area contributed by atoms with E-state index >= 15 is 0 Å². The zero-order valence-corrected chi connectivity index (χ0v) is 13.1. The third kappa shape index (κ3) is 3.58. The van der Waals surface area contributed by atoms with Crippen LogP contribution in [0.3, 0.4) is 0 Å². The number of hydrogen-bond acceptors (Lipinski definition) is 5. The molecule has 2 aromatic rings. The minimum Gasteiger partial charge on any atom is -0.480 e. The van der Waals surface area contributed by atoms with Crippen molar-refractivity contribution < 1.29 is 9.90 Å². The molecule has 0 aliphatic rings. The first-order valence-electron chi connectivity index (χ1n) is 7.25. The summed E-state index contributed by atoms with van der Waals surface area (Å²) in [5.41, 5.74) is 2.63. The van der Waals surface area contributed by atoms with Crippen molar-refractivity contribution in [3.05, 3.63) is 35.8 Å². The molecule has 2 rings (SSSR count). The van der Waals surface area contributed by atoms with Crippen molar-refractivity contribution in [2.75, 3.05) is 18.0 Å². The zero-order valence-electron chi connectivity index (χ0n) is 13.1. The van der Waals surface area contributed by atoms with E-state index in [4.69, 9.17) is 5.11 Å². The van der Waals surface area contributed by atoms with Gasteiger partial charge in [-0.25, -0.2) is 9.97 Å². The molecule has 0 saturated carbocycles. The van der Waals surface area contributed by atoms with Crippen LogP contribution in [0.25, 0.3) is 11.4 Å². The maximum atomic E-state index is 11.1. The highest BCUT2D eigenvalue weighted by molar-refractivity contribution is 5.74. The van der Waals surface area contributed by atoms with Gasteiger partial charge in [-0.05, 0) is 32.4 Å². The normalized spacial score (nSPS) is 10.5. The van der Waals surface area contributed by atoms with Gasteiger partial charge >= 0.3 is 5.97 Å². The Labute approximate surface area is 129 Å². The first-order valence-corrected chi connectivity index (χ1v) is 7.25. The molecule has 0 aliphatic heterocycles. The predicted octanol–water partition coefficient (Wildman–Crippen LogP) is 2.46. The number of pyridine rings is 1. The molecule has 0 aliphatic carbocycles. The summed E-state index contributed by atoms with van der Waals surface area (Å²) in [5.74, 6) is 0.408. The summed E-state index contributed by atoms with van der Waals surface area (Å²) in [7, 11) is 0. The van der Waals surface area contributed by atoms with Gasteiger partial charge in [0, 0.05) is 35.8 Å². The summed E-state index contributed by atoms with van der Waals surface area (Å²) in [6.45, 7) is 6.42. The summed E-state index contributed by atoms with van der Waals surface area (Å²) in [5, 5.41) is 9.13. The molecule has 2 aromatic heterocycles. The summed E-state index contributed by atoms with van der Waals surface area (Å²) < 4.78 is 0. The average molecular weight is 300 g/mol. The molecule has 0 amide bonds. The van der Waals surface area contributed by atoms with Crippen molar-refractivity contribution >= 4 is 11.8 Å². The van der Waals surface area contributed by atoms with Crippen LogP contribution < -0.4 is 4.90 Å². The maximum absolute atomic E-state index is 11.1. The highest BCUT2D eigenvalue weighted by Crippen LogP contribution is 2.24. The number of rotatable bonds is 6. The van der Waals surface area contributed by atoms with Gasteiger partial charge in [-0.15, -0.1) is 0 Å². The van der Waals surface area contributed by atoms with Crippen LogP contribution >= 0.6 is 0 Å². The quantitative estimate of drug-likeness (QED) is 0.882. The topological polar surface area (TPSA) is 79.2 Å². The molecule has 1 N–H and O–H groups in total. The van der Waals surface area contributed by atoms with Crippen LogP contribution in [-0.4, -0.2) is 39.1 Å². The molecule has 0 radical (unpaired) electrons. The fourth-order valence-electron chi connectivity index (χ4n) is 2.24. The molecule has 22 heavy (non-hydrogen) atoms. The van der Waals surface area contributed by atoms with E-state index in [0.717, 1.165) is 23.2 Å². The number of anilines is 1. The number of carboxylic acid groups (broad SMARTS) is 1. The van der Waals surface area contributed by atoms with E-state index in [-0.39, 0.29) is 6.54 Å². The Morgan fingerprint density at radius 1 is 1.23 bits per heavy atom. The summed E-state index contributed by atoms with van der Waals surface area (Å²) in [6.07, 6.45) is 4.23. The van der Waals surface area contributed by atoms with E-state index in [0.29, 0.717) is 18.2 Å². The Balaban J connectivity index is 2.49. The molecule has 116 valence electrons. The number of aliphatic carboxylic acids is 1. The number of carboxylic acids is 1. The number of aromatic nitrogens is 3. The van der Waals surface area contributed by atoms with E-state index < -0.39 is 5.97 Å². The molecule has 6 heteroatoms. The highest BCUT2D eigenvalue weighted by atomic mass is 16.4. The number of hydrogen-bond donors (Lipinski definition) is 1. The van der Waals surface area contributed by atoms with E-state index in [1.54, 1.807) is 17.3 Å². The number of nitrogens with zero attached hydrogens (tertiary/aromatic N) is 4. The third-order valence-electron chi connectivity index (χ3n) is 3.42. The van der Waals surface area contributed by atoms with Crippen molar-refractivity contribution in [3.63, 3.8) is 0 Å². The molecule has 2 heterocycles. The second kappa shape index (κ2) is 6.98. The standard InChI is InChI=1S/C16H20N4O2/c1-4-9-20(10-14(21)22)16-11(2)12(3)18-15(19-16)13-5-7-17-8-6-13/h5-8H,4,9-10H2,1-3H3,(H,21,22). The lowest BCUT2D eigenvalue weighted by atomic mass is 10.2. The van der Waals surface area contributed by atoms with Crippen molar-refractivity contribution in [1.82, 2.24) is 15.0 Å². The fourth-order valence-corrected chi connectivity index (χ4v) is 2.24. The summed E-state index contributed by atoms with van der Waals surface area (Å²) >= 11 is 0. The average Bonchev–Trinajstić information content (AvgIpc) is 2.50. The minimum absolute atomic E-state index is 0.0685. The van der Waals surface area contributed by atoms with Crippen molar-refractivity contribution in [2.24, 2.45) is 0 Å². The lowest BCUT2D eigenvalue weighted by molar-refractivity contribution is -0.135. The van der Waals surface area contributed by atoms with Gasteiger partial charge in [0.05, 0.1) is 0 Å². The first-order chi connectivity index (χ1) is 10.5. The first kappa shape index (κ1) is 15.9. The van der Waals surface area contributed by atoms with Crippen LogP contribution in [0.5, 0.6) is 0 Å². The second-order valence-electron chi connectivity index (χ2n) is 5.13. The van der Waals surface area contributed by atoms with E-state index in [2.05, 4.69) is 15.0 Å². The fraction of sp³-hybridized carbons (Fsp3) is 0.375. The van der Waals surface area contributed by atoms with E-state index in [9.17, 15) is 4.79 Å². The van der Waals surface area contributed by atoms with Crippen LogP contribution in [0.15, 0.2) is 24.5 Å². The molecule has 0 aromatic carbocycles. The van der Waals surface area contributed by atoms with Crippen molar-refractivity contribution in [1.29, 1.82) is 0 Å². The van der Waals surface area contributed by atoms with Crippen LogP contribution in [0.4, 0.5) is 5.82 Å². The second-order valence-corrected chi connectivity index (χ2v) is 5.13. The van der Waals surface area contributed by atoms with Gasteiger partial charge < -0.3 is 10.0 Å². The summed E-state index contributed by atoms with van der Waals surface area (Å²) in [4.78, 5) is 26.0. The monoisotopic (exact) mass is 300 g/mol. The third-order valence-corrected chi connectivity index (χ3v) is 3.42. The van der Waals surface area contributed by atoms with Gasteiger partial charge in [0.25, 0.3) is 0 Å². The molecule has 0 saturated heterocycles. The number of carbonyl (C=O) groups is 1. The SMILES string of the molecule is CCCN(CC(=O)O)c1nc(-c2ccncc2)nc(C)c1C. The lowest BCUT2D eigenvalue weighted by Crippen LogP contribution is -2.32. The minimum atomic E-state index is -0.866. The smallest absolute Gasteiger partial charge is 0.323 e. The summed E-state index contributed by atoms with van der Waals surface area (Å²) in [6, 6.07) is 3.69. The maximum Gasteiger partial charge on any atom is 0.323 e. The molecular formula is C16H20N4O2. The molecule has 0 unspecified atom stereocenters. The Hall–Kier alpha value is -2.50. The van der Waals surface area contributed by atoms with E-state index in [1.165, 1.54) is 0 Å². The van der Waals surface area contributed by atoms with Gasteiger partial charge in [-0.2, -0.15) is 0 Å². The van der Waals surface area contributed by atoms with Crippen LogP contribution in [0.1, 0.15) is 24.6 Å². The zero-order chi connectivity index (χ0) is 16.1. The Morgan fingerprint density at radius 3 is 2.50 bits per heavy atom.